The maximum atomic E-state index is 11.4. The van der Waals surface area contributed by atoms with Gasteiger partial charge >= 0.3 is 0 Å². The van der Waals surface area contributed by atoms with Crippen molar-refractivity contribution in [3.05, 3.63) is 24.7 Å². The molecule has 0 saturated heterocycles. The summed E-state index contributed by atoms with van der Waals surface area (Å²) < 4.78 is 6.01. The van der Waals surface area contributed by atoms with E-state index in [9.17, 15) is 4.79 Å². The summed E-state index contributed by atoms with van der Waals surface area (Å²) in [5, 5.41) is 9.91. The number of nitrogens with zero attached hydrogens (tertiary/aromatic N) is 3. The second kappa shape index (κ2) is 3.82. The second-order valence-corrected chi connectivity index (χ2v) is 2.90. The van der Waals surface area contributed by atoms with E-state index in [0.717, 1.165) is 0 Å². The Morgan fingerprint density at radius 3 is 3.13 bits per heavy atom. The molecule has 2 rings (SSSR count). The summed E-state index contributed by atoms with van der Waals surface area (Å²) in [6.07, 6.45) is 4.38. The van der Waals surface area contributed by atoms with Crippen LogP contribution in [0.25, 0.3) is 0 Å². The zero-order valence-corrected chi connectivity index (χ0v) is 7.75. The minimum Gasteiger partial charge on any atom is -0.382 e. The lowest BCUT2D eigenvalue weighted by Gasteiger charge is -2.01. The molecule has 15 heavy (non-hydrogen) atoms. The summed E-state index contributed by atoms with van der Waals surface area (Å²) in [5.74, 6) is 0.161. The molecule has 0 aliphatic rings. The molecule has 1 amide bonds. The number of nitrogens with two attached hydrogens (primary N) is 1. The van der Waals surface area contributed by atoms with Gasteiger partial charge in [-0.15, -0.1) is 0 Å². The van der Waals surface area contributed by atoms with E-state index in [-0.39, 0.29) is 12.5 Å². The lowest BCUT2D eigenvalue weighted by atomic mass is 10.5. The maximum Gasteiger partial charge on any atom is 0.246 e. The lowest BCUT2D eigenvalue weighted by molar-refractivity contribution is -0.116. The van der Waals surface area contributed by atoms with Crippen LogP contribution < -0.4 is 11.1 Å². The summed E-state index contributed by atoms with van der Waals surface area (Å²) in [7, 11) is 0. The van der Waals surface area contributed by atoms with E-state index in [1.54, 1.807) is 12.3 Å². The highest BCUT2D eigenvalue weighted by Crippen LogP contribution is 2.03. The molecule has 2 aromatic rings. The summed E-state index contributed by atoms with van der Waals surface area (Å²) >= 11 is 0. The Labute approximate surface area is 84.8 Å². The molecule has 2 heterocycles. The largest absolute Gasteiger partial charge is 0.382 e. The molecule has 7 nitrogen and oxygen atoms in total. The molecule has 7 heteroatoms. The van der Waals surface area contributed by atoms with Crippen LogP contribution in [0.15, 0.2) is 29.2 Å². The van der Waals surface area contributed by atoms with Crippen LogP contribution in [0.2, 0.25) is 0 Å². The first-order valence-electron chi connectivity index (χ1n) is 4.22. The van der Waals surface area contributed by atoms with Crippen molar-refractivity contribution >= 4 is 17.4 Å². The molecular formula is C8H9N5O2. The Balaban J connectivity index is 1.93. The fourth-order valence-electron chi connectivity index (χ4n) is 1.08. The first kappa shape index (κ1) is 9.25. The van der Waals surface area contributed by atoms with Gasteiger partial charge in [0, 0.05) is 6.20 Å². The predicted octanol–water partition coefficient (Wildman–Crippen LogP) is 0.0920. The van der Waals surface area contributed by atoms with Crippen molar-refractivity contribution in [1.82, 2.24) is 14.9 Å². The van der Waals surface area contributed by atoms with Crippen LogP contribution in [-0.4, -0.2) is 20.8 Å². The number of hydrogen-bond acceptors (Lipinski definition) is 5. The molecule has 0 aliphatic carbocycles. The van der Waals surface area contributed by atoms with Gasteiger partial charge in [0.25, 0.3) is 0 Å². The van der Waals surface area contributed by atoms with E-state index in [1.807, 2.05) is 0 Å². The highest BCUT2D eigenvalue weighted by Gasteiger charge is 2.05. The van der Waals surface area contributed by atoms with E-state index in [0.29, 0.717) is 11.5 Å². The van der Waals surface area contributed by atoms with E-state index in [4.69, 9.17) is 5.73 Å². The zero-order chi connectivity index (χ0) is 10.7. The smallest absolute Gasteiger partial charge is 0.246 e. The number of nitrogens with one attached hydrogen (secondary N) is 1. The van der Waals surface area contributed by atoms with Crippen LogP contribution in [0.4, 0.5) is 11.5 Å². The van der Waals surface area contributed by atoms with Gasteiger partial charge in [0.1, 0.15) is 24.3 Å². The molecule has 0 aliphatic heterocycles. The number of carbonyl (C=O) groups is 1. The van der Waals surface area contributed by atoms with Crippen LogP contribution in [0, 0.1) is 0 Å². The maximum absolute atomic E-state index is 11.4. The van der Waals surface area contributed by atoms with Gasteiger partial charge in [0.2, 0.25) is 5.91 Å². The normalized spacial score (nSPS) is 10.1. The van der Waals surface area contributed by atoms with Crippen molar-refractivity contribution in [2.45, 2.75) is 6.54 Å². The Kier molecular flexibility index (Phi) is 2.36. The van der Waals surface area contributed by atoms with Crippen molar-refractivity contribution in [3.63, 3.8) is 0 Å². The number of amides is 1. The van der Waals surface area contributed by atoms with Crippen molar-refractivity contribution in [3.8, 4) is 0 Å². The third-order valence-corrected chi connectivity index (χ3v) is 1.68. The van der Waals surface area contributed by atoms with Crippen molar-refractivity contribution in [2.75, 3.05) is 11.1 Å². The molecule has 0 spiro atoms. The van der Waals surface area contributed by atoms with Gasteiger partial charge < -0.3 is 15.6 Å². The lowest BCUT2D eigenvalue weighted by Crippen LogP contribution is -2.18. The third kappa shape index (κ3) is 2.33. The summed E-state index contributed by atoms with van der Waals surface area (Å²) in [4.78, 5) is 11.4. The minimum atomic E-state index is -0.221. The predicted molar refractivity (Wildman–Crippen MR) is 51.8 cm³/mol. The number of nitrogen functional groups attached to an aromatic ring is 1. The number of anilines is 2. The van der Waals surface area contributed by atoms with E-state index < -0.39 is 0 Å². The Bertz CT molecular complexity index is 447. The average Bonchev–Trinajstić information content (AvgIpc) is 2.77. The first-order valence-corrected chi connectivity index (χ1v) is 4.22. The quantitative estimate of drug-likeness (QED) is 0.743. The van der Waals surface area contributed by atoms with Crippen molar-refractivity contribution < 1.29 is 9.32 Å². The van der Waals surface area contributed by atoms with Gasteiger partial charge in [-0.1, -0.05) is 5.16 Å². The van der Waals surface area contributed by atoms with Crippen molar-refractivity contribution in [1.29, 1.82) is 0 Å². The molecule has 0 saturated carbocycles. The topological polar surface area (TPSA) is 99.0 Å². The highest BCUT2D eigenvalue weighted by molar-refractivity contribution is 5.90. The van der Waals surface area contributed by atoms with Gasteiger partial charge in [-0.25, -0.2) is 0 Å². The molecule has 0 unspecified atom stereocenters. The van der Waals surface area contributed by atoms with Crippen LogP contribution in [0.5, 0.6) is 0 Å². The van der Waals surface area contributed by atoms with Crippen molar-refractivity contribution in [2.24, 2.45) is 0 Å². The summed E-state index contributed by atoms with van der Waals surface area (Å²) in [6, 6.07) is 1.62. The van der Waals surface area contributed by atoms with Gasteiger partial charge in [0.15, 0.2) is 0 Å². The van der Waals surface area contributed by atoms with Gasteiger partial charge in [0.05, 0.1) is 6.20 Å². The summed E-state index contributed by atoms with van der Waals surface area (Å²) in [5.41, 5.74) is 5.92. The monoisotopic (exact) mass is 207 g/mol. The number of aromatic nitrogens is 3. The molecule has 0 atom stereocenters. The molecule has 0 aromatic carbocycles. The van der Waals surface area contributed by atoms with Crippen LogP contribution >= 0.6 is 0 Å². The molecule has 0 fully saturated rings. The average molecular weight is 207 g/mol. The second-order valence-electron chi connectivity index (χ2n) is 2.90. The van der Waals surface area contributed by atoms with E-state index >= 15 is 0 Å². The minimum absolute atomic E-state index is 0.0996. The van der Waals surface area contributed by atoms with E-state index in [2.05, 4.69) is 20.1 Å². The SMILES string of the molecule is Nc1ccn(CC(=O)Nc2cnoc2)n1. The zero-order valence-electron chi connectivity index (χ0n) is 7.75. The molecule has 78 valence electrons. The van der Waals surface area contributed by atoms with Gasteiger partial charge in [-0.2, -0.15) is 5.10 Å². The number of carbonyl (C=O) groups excluding carboxylic acids is 1. The Hall–Kier alpha value is -2.31. The van der Waals surface area contributed by atoms with Gasteiger partial charge in [-0.3, -0.25) is 9.48 Å². The Morgan fingerprint density at radius 2 is 2.53 bits per heavy atom. The standard InChI is InChI=1S/C8H9N5O2/c9-7-1-2-13(12-7)4-8(14)11-6-3-10-15-5-6/h1-3,5H,4H2,(H2,9,12)(H,11,14). The third-order valence-electron chi connectivity index (χ3n) is 1.68. The molecule has 0 bridgehead atoms. The molecule has 3 N–H and O–H groups in total. The molecule has 2 aromatic heterocycles. The number of hydrogen-bond donors (Lipinski definition) is 2. The van der Waals surface area contributed by atoms with Crippen LogP contribution in [-0.2, 0) is 11.3 Å². The van der Waals surface area contributed by atoms with Gasteiger partial charge in [-0.05, 0) is 6.07 Å². The molecular weight excluding hydrogens is 198 g/mol. The summed E-state index contributed by atoms with van der Waals surface area (Å²) in [6.45, 7) is 0.0996. The van der Waals surface area contributed by atoms with Crippen LogP contribution in [0.3, 0.4) is 0 Å². The first-order chi connectivity index (χ1) is 7.24. The molecule has 0 radical (unpaired) electrons. The number of rotatable bonds is 3. The highest BCUT2D eigenvalue weighted by atomic mass is 16.5. The van der Waals surface area contributed by atoms with E-state index in [1.165, 1.54) is 17.1 Å². The Morgan fingerprint density at radius 1 is 1.67 bits per heavy atom. The fourth-order valence-corrected chi connectivity index (χ4v) is 1.08. The van der Waals surface area contributed by atoms with Crippen LogP contribution in [0.1, 0.15) is 0 Å². The fraction of sp³-hybridized carbons (Fsp3) is 0.125.